The second-order valence-corrected chi connectivity index (χ2v) is 3.69. The van der Waals surface area contributed by atoms with E-state index in [2.05, 4.69) is 0 Å². The molecular weight excluding hydrogens is 150 g/mol. The Hall–Kier alpha value is -0.220. The van der Waals surface area contributed by atoms with Crippen molar-refractivity contribution in [3.63, 3.8) is 0 Å². The van der Waals surface area contributed by atoms with Crippen LogP contribution in [0.25, 0.3) is 0 Å². The average Bonchev–Trinajstić information content (AvgIpc) is 2.39. The SMILES string of the molecule is N[C@@H]1CC2C(C[C@@H]1N)C2(F)F. The normalized spacial score (nSPS) is 53.5. The van der Waals surface area contributed by atoms with Gasteiger partial charge in [-0.3, -0.25) is 0 Å². The van der Waals surface area contributed by atoms with Gasteiger partial charge in [-0.2, -0.15) is 0 Å². The van der Waals surface area contributed by atoms with Crippen LogP contribution in [-0.4, -0.2) is 18.0 Å². The van der Waals surface area contributed by atoms with Crippen molar-refractivity contribution < 1.29 is 8.78 Å². The molecule has 0 aliphatic heterocycles. The van der Waals surface area contributed by atoms with Gasteiger partial charge in [-0.05, 0) is 12.8 Å². The lowest BCUT2D eigenvalue weighted by molar-refractivity contribution is 0.0846. The second kappa shape index (κ2) is 1.93. The minimum Gasteiger partial charge on any atom is -0.326 e. The third-order valence-electron chi connectivity index (χ3n) is 2.97. The van der Waals surface area contributed by atoms with E-state index in [0.717, 1.165) is 0 Å². The molecule has 0 aromatic rings. The van der Waals surface area contributed by atoms with Gasteiger partial charge in [0.2, 0.25) is 0 Å². The maximum absolute atomic E-state index is 12.7. The van der Waals surface area contributed by atoms with E-state index in [1.807, 2.05) is 0 Å². The molecule has 11 heavy (non-hydrogen) atoms. The van der Waals surface area contributed by atoms with Crippen molar-refractivity contribution in [2.75, 3.05) is 0 Å². The number of halogens is 2. The first kappa shape index (κ1) is 7.43. The zero-order valence-corrected chi connectivity index (χ0v) is 6.13. The van der Waals surface area contributed by atoms with Crippen LogP contribution < -0.4 is 11.5 Å². The van der Waals surface area contributed by atoms with E-state index >= 15 is 0 Å². The molecule has 2 fully saturated rings. The zero-order chi connectivity index (χ0) is 8.22. The maximum Gasteiger partial charge on any atom is 0.254 e. The van der Waals surface area contributed by atoms with Gasteiger partial charge in [0.25, 0.3) is 5.92 Å². The molecule has 0 spiro atoms. The van der Waals surface area contributed by atoms with Crippen molar-refractivity contribution in [2.24, 2.45) is 23.3 Å². The predicted molar refractivity (Wildman–Crippen MR) is 37.1 cm³/mol. The number of fused-ring (bicyclic) bond motifs is 1. The summed E-state index contributed by atoms with van der Waals surface area (Å²) in [7, 11) is 0. The van der Waals surface area contributed by atoms with Crippen LogP contribution in [0.5, 0.6) is 0 Å². The lowest BCUT2D eigenvalue weighted by Crippen LogP contribution is -2.44. The molecule has 0 saturated heterocycles. The standard InChI is InChI=1S/C7H12F2N2/c8-7(9)3-1-5(10)6(11)2-4(3)7/h3-6H,1-2,10-11H2/t3?,4?,5-,6+. The average molecular weight is 162 g/mol. The Morgan fingerprint density at radius 1 is 1.00 bits per heavy atom. The summed E-state index contributed by atoms with van der Waals surface area (Å²) in [6.07, 6.45) is 0.803. The van der Waals surface area contributed by atoms with Crippen molar-refractivity contribution in [3.05, 3.63) is 0 Å². The van der Waals surface area contributed by atoms with E-state index in [9.17, 15) is 8.78 Å². The summed E-state index contributed by atoms with van der Waals surface area (Å²) in [6, 6.07) is -0.436. The molecule has 2 aliphatic carbocycles. The number of alkyl halides is 2. The van der Waals surface area contributed by atoms with Crippen LogP contribution in [0.2, 0.25) is 0 Å². The van der Waals surface area contributed by atoms with E-state index in [1.165, 1.54) is 0 Å². The molecule has 2 saturated carbocycles. The highest BCUT2D eigenvalue weighted by Crippen LogP contribution is 2.61. The van der Waals surface area contributed by atoms with E-state index in [4.69, 9.17) is 11.5 Å². The molecule has 4 N–H and O–H groups in total. The molecule has 2 aliphatic rings. The van der Waals surface area contributed by atoms with Crippen LogP contribution in [-0.2, 0) is 0 Å². The van der Waals surface area contributed by atoms with Gasteiger partial charge in [-0.1, -0.05) is 0 Å². The fraction of sp³-hybridized carbons (Fsp3) is 1.00. The van der Waals surface area contributed by atoms with E-state index in [0.29, 0.717) is 12.8 Å². The first-order chi connectivity index (χ1) is 5.03. The van der Waals surface area contributed by atoms with Gasteiger partial charge in [0.05, 0.1) is 0 Å². The molecule has 4 heteroatoms. The molecule has 0 radical (unpaired) electrons. The van der Waals surface area contributed by atoms with Gasteiger partial charge in [0.1, 0.15) is 0 Å². The molecular formula is C7H12F2N2. The molecule has 2 rings (SSSR count). The van der Waals surface area contributed by atoms with E-state index in [1.54, 1.807) is 0 Å². The van der Waals surface area contributed by atoms with Gasteiger partial charge in [0.15, 0.2) is 0 Å². The highest BCUT2D eigenvalue weighted by Gasteiger charge is 2.69. The van der Waals surface area contributed by atoms with Crippen LogP contribution >= 0.6 is 0 Å². The van der Waals surface area contributed by atoms with Crippen molar-refractivity contribution in [1.29, 1.82) is 0 Å². The minimum absolute atomic E-state index is 0.218. The van der Waals surface area contributed by atoms with Gasteiger partial charge in [-0.15, -0.1) is 0 Å². The Morgan fingerprint density at radius 3 is 1.73 bits per heavy atom. The summed E-state index contributed by atoms with van der Waals surface area (Å²) >= 11 is 0. The Kier molecular flexibility index (Phi) is 1.30. The summed E-state index contributed by atoms with van der Waals surface area (Å²) in [4.78, 5) is 0. The predicted octanol–water partition coefficient (Wildman–Crippen LogP) is 0.316. The Balaban J connectivity index is 2.07. The van der Waals surface area contributed by atoms with Crippen LogP contribution in [0, 0.1) is 11.8 Å². The van der Waals surface area contributed by atoms with Crippen molar-refractivity contribution in [3.8, 4) is 0 Å². The second-order valence-electron chi connectivity index (χ2n) is 3.69. The molecule has 0 aromatic heterocycles. The largest absolute Gasteiger partial charge is 0.326 e. The summed E-state index contributed by atoms with van der Waals surface area (Å²) in [6.45, 7) is 0. The number of rotatable bonds is 0. The Morgan fingerprint density at radius 2 is 1.36 bits per heavy atom. The summed E-state index contributed by atoms with van der Waals surface area (Å²) in [5.41, 5.74) is 11.1. The number of nitrogens with two attached hydrogens (primary N) is 2. The number of hydrogen-bond acceptors (Lipinski definition) is 2. The Bertz CT molecular complexity index is 165. The van der Waals surface area contributed by atoms with E-state index < -0.39 is 17.8 Å². The summed E-state index contributed by atoms with van der Waals surface area (Å²) in [5.74, 6) is -3.37. The highest BCUT2D eigenvalue weighted by molar-refractivity contribution is 5.11. The quantitative estimate of drug-likeness (QED) is 0.538. The molecule has 2 unspecified atom stereocenters. The molecule has 0 heterocycles. The first-order valence-corrected chi connectivity index (χ1v) is 3.92. The smallest absolute Gasteiger partial charge is 0.254 e. The van der Waals surface area contributed by atoms with Crippen molar-refractivity contribution in [1.82, 2.24) is 0 Å². The molecule has 2 nitrogen and oxygen atoms in total. The zero-order valence-electron chi connectivity index (χ0n) is 6.13. The van der Waals surface area contributed by atoms with Crippen LogP contribution in [0.4, 0.5) is 8.78 Å². The lowest BCUT2D eigenvalue weighted by Gasteiger charge is -2.22. The molecule has 64 valence electrons. The van der Waals surface area contributed by atoms with Crippen LogP contribution in [0.3, 0.4) is 0 Å². The topological polar surface area (TPSA) is 52.0 Å². The van der Waals surface area contributed by atoms with Crippen LogP contribution in [0.15, 0.2) is 0 Å². The van der Waals surface area contributed by atoms with Gasteiger partial charge in [0, 0.05) is 23.9 Å². The minimum atomic E-state index is -2.45. The molecule has 0 bridgehead atoms. The Labute approximate surface area is 63.9 Å². The summed E-state index contributed by atoms with van der Waals surface area (Å²) < 4.78 is 25.5. The molecule has 0 amide bonds. The third-order valence-corrected chi connectivity index (χ3v) is 2.97. The van der Waals surface area contributed by atoms with Gasteiger partial charge < -0.3 is 11.5 Å². The molecule has 0 aromatic carbocycles. The van der Waals surface area contributed by atoms with Gasteiger partial charge in [-0.25, -0.2) is 8.78 Å². The fourth-order valence-electron chi connectivity index (χ4n) is 2.04. The van der Waals surface area contributed by atoms with Crippen molar-refractivity contribution >= 4 is 0 Å². The van der Waals surface area contributed by atoms with E-state index in [-0.39, 0.29) is 12.1 Å². The maximum atomic E-state index is 12.7. The lowest BCUT2D eigenvalue weighted by atomic mass is 9.92. The summed E-state index contributed by atoms with van der Waals surface area (Å²) in [5, 5.41) is 0. The van der Waals surface area contributed by atoms with Gasteiger partial charge >= 0.3 is 0 Å². The third kappa shape index (κ3) is 0.891. The van der Waals surface area contributed by atoms with Crippen LogP contribution in [0.1, 0.15) is 12.8 Å². The highest BCUT2D eigenvalue weighted by atomic mass is 19.3. The van der Waals surface area contributed by atoms with Crippen molar-refractivity contribution in [2.45, 2.75) is 30.8 Å². The molecule has 4 atom stereocenters. The number of hydrogen-bond donors (Lipinski definition) is 2. The monoisotopic (exact) mass is 162 g/mol. The first-order valence-electron chi connectivity index (χ1n) is 3.92. The fourth-order valence-corrected chi connectivity index (χ4v) is 2.04.